The van der Waals surface area contributed by atoms with E-state index >= 15 is 0 Å². The smallest absolute Gasteiger partial charge is 0.257 e. The molecule has 1 fully saturated rings. The third kappa shape index (κ3) is 4.60. The van der Waals surface area contributed by atoms with Crippen LogP contribution in [0.4, 0.5) is 17.2 Å². The first-order chi connectivity index (χ1) is 14.7. The van der Waals surface area contributed by atoms with Gasteiger partial charge in [-0.05, 0) is 63.0 Å². The van der Waals surface area contributed by atoms with Crippen molar-refractivity contribution >= 4 is 29.0 Å². The zero-order valence-corrected chi connectivity index (χ0v) is 17.2. The van der Waals surface area contributed by atoms with Crippen molar-refractivity contribution in [1.82, 2.24) is 9.88 Å². The number of nitrogens with zero attached hydrogens (tertiary/aromatic N) is 3. The second kappa shape index (κ2) is 9.67. The highest BCUT2D eigenvalue weighted by molar-refractivity contribution is 6.17. The van der Waals surface area contributed by atoms with Gasteiger partial charge >= 0.3 is 0 Å². The maximum atomic E-state index is 13.2. The van der Waals surface area contributed by atoms with E-state index in [0.29, 0.717) is 29.2 Å². The van der Waals surface area contributed by atoms with Crippen molar-refractivity contribution in [3.05, 3.63) is 60.3 Å². The van der Waals surface area contributed by atoms with E-state index in [1.165, 1.54) is 32.4 Å². The van der Waals surface area contributed by atoms with Gasteiger partial charge in [-0.2, -0.15) is 0 Å². The average Bonchev–Trinajstić information content (AvgIpc) is 2.90. The standard InChI is InChI=1S/C24H28N4O2/c29-22(14-4-1-2-7-16-27-17-8-3-9-18-27)28-21-13-6-5-11-19(21)24(30)26-20-12-10-15-25-23(20)28/h2,5-7,10-13,15H,1,3-4,8-9,14,16-18H2,(H,26,30)/b7-2+. The van der Waals surface area contributed by atoms with Crippen LogP contribution in [0.5, 0.6) is 0 Å². The van der Waals surface area contributed by atoms with E-state index in [0.717, 1.165) is 19.4 Å². The fraction of sp³-hybridized carbons (Fsp3) is 0.375. The minimum absolute atomic E-state index is 0.0525. The van der Waals surface area contributed by atoms with E-state index in [1.54, 1.807) is 41.4 Å². The predicted molar refractivity (Wildman–Crippen MR) is 119 cm³/mol. The molecule has 6 heteroatoms. The highest BCUT2D eigenvalue weighted by Gasteiger charge is 2.29. The van der Waals surface area contributed by atoms with Gasteiger partial charge in [-0.25, -0.2) is 4.98 Å². The zero-order chi connectivity index (χ0) is 20.8. The third-order valence-electron chi connectivity index (χ3n) is 5.63. The van der Waals surface area contributed by atoms with Crippen LogP contribution in [-0.4, -0.2) is 41.3 Å². The van der Waals surface area contributed by atoms with E-state index < -0.39 is 0 Å². The fourth-order valence-electron chi connectivity index (χ4n) is 4.06. The first-order valence-electron chi connectivity index (χ1n) is 10.8. The predicted octanol–water partition coefficient (Wildman–Crippen LogP) is 4.52. The summed E-state index contributed by atoms with van der Waals surface area (Å²) in [5.74, 6) is 0.195. The quantitative estimate of drug-likeness (QED) is 0.568. The van der Waals surface area contributed by atoms with Crippen molar-refractivity contribution in [2.45, 2.75) is 38.5 Å². The van der Waals surface area contributed by atoms with Crippen molar-refractivity contribution in [1.29, 1.82) is 0 Å². The molecule has 1 saturated heterocycles. The van der Waals surface area contributed by atoms with Crippen LogP contribution >= 0.6 is 0 Å². The van der Waals surface area contributed by atoms with Crippen molar-refractivity contribution in [3.8, 4) is 0 Å². The van der Waals surface area contributed by atoms with Crippen LogP contribution in [-0.2, 0) is 4.79 Å². The van der Waals surface area contributed by atoms with Crippen LogP contribution in [0.25, 0.3) is 0 Å². The molecule has 2 aliphatic heterocycles. The summed E-state index contributed by atoms with van der Waals surface area (Å²) in [7, 11) is 0. The Hall–Kier alpha value is -2.99. The van der Waals surface area contributed by atoms with Crippen LogP contribution in [0, 0.1) is 0 Å². The third-order valence-corrected chi connectivity index (χ3v) is 5.63. The second-order valence-electron chi connectivity index (χ2n) is 7.80. The van der Waals surface area contributed by atoms with Crippen LogP contribution in [0.3, 0.4) is 0 Å². The molecule has 1 aromatic heterocycles. The summed E-state index contributed by atoms with van der Waals surface area (Å²) in [6.45, 7) is 3.38. The van der Waals surface area contributed by atoms with Gasteiger partial charge in [-0.15, -0.1) is 0 Å². The minimum Gasteiger partial charge on any atom is -0.319 e. The molecule has 6 nitrogen and oxygen atoms in total. The summed E-state index contributed by atoms with van der Waals surface area (Å²) in [5, 5.41) is 2.87. The molecular formula is C24H28N4O2. The number of para-hydroxylation sites is 1. The summed E-state index contributed by atoms with van der Waals surface area (Å²) in [6, 6.07) is 10.7. The molecule has 0 aliphatic carbocycles. The molecule has 0 spiro atoms. The molecule has 0 atom stereocenters. The molecule has 0 unspecified atom stereocenters. The maximum Gasteiger partial charge on any atom is 0.257 e. The van der Waals surface area contributed by atoms with Gasteiger partial charge in [-0.1, -0.05) is 30.7 Å². The summed E-state index contributed by atoms with van der Waals surface area (Å²) in [6.07, 6.45) is 12.0. The Bertz CT molecular complexity index is 934. The zero-order valence-electron chi connectivity index (χ0n) is 17.2. The van der Waals surface area contributed by atoms with Gasteiger partial charge in [0.15, 0.2) is 5.82 Å². The molecule has 1 aromatic carbocycles. The second-order valence-corrected chi connectivity index (χ2v) is 7.80. The minimum atomic E-state index is -0.226. The molecule has 2 amide bonds. The van der Waals surface area contributed by atoms with Gasteiger partial charge in [0.1, 0.15) is 0 Å². The van der Waals surface area contributed by atoms with Crippen LogP contribution in [0.2, 0.25) is 0 Å². The highest BCUT2D eigenvalue weighted by atomic mass is 16.2. The first-order valence-corrected chi connectivity index (χ1v) is 10.8. The number of likely N-dealkylation sites (tertiary alicyclic amines) is 1. The number of carbonyl (C=O) groups is 2. The van der Waals surface area contributed by atoms with E-state index in [4.69, 9.17) is 0 Å². The monoisotopic (exact) mass is 404 g/mol. The lowest BCUT2D eigenvalue weighted by Gasteiger charge is -2.24. The van der Waals surface area contributed by atoms with Gasteiger partial charge in [-0.3, -0.25) is 19.4 Å². The maximum absolute atomic E-state index is 13.2. The molecule has 0 bridgehead atoms. The number of rotatable bonds is 6. The summed E-state index contributed by atoms with van der Waals surface area (Å²) >= 11 is 0. The van der Waals surface area contributed by atoms with Gasteiger partial charge in [0.2, 0.25) is 5.91 Å². The number of nitrogens with one attached hydrogen (secondary N) is 1. The number of unbranched alkanes of at least 4 members (excludes halogenated alkanes) is 1. The molecule has 2 aromatic rings. The SMILES string of the molecule is O=C1Nc2cccnc2N(C(=O)CCC/C=C/CN2CCCCC2)c2ccccc21. The number of aromatic nitrogens is 1. The molecular weight excluding hydrogens is 376 g/mol. The van der Waals surface area contributed by atoms with Crippen molar-refractivity contribution in [2.24, 2.45) is 0 Å². The topological polar surface area (TPSA) is 65.5 Å². The van der Waals surface area contributed by atoms with E-state index in [2.05, 4.69) is 27.4 Å². The van der Waals surface area contributed by atoms with Gasteiger partial charge < -0.3 is 5.32 Å². The number of fused-ring (bicyclic) bond motifs is 2. The van der Waals surface area contributed by atoms with Gasteiger partial charge in [0, 0.05) is 19.2 Å². The van der Waals surface area contributed by atoms with E-state index in [1.807, 2.05) is 6.07 Å². The number of hydrogen-bond acceptors (Lipinski definition) is 4. The average molecular weight is 405 g/mol. The largest absolute Gasteiger partial charge is 0.319 e. The number of amides is 2. The van der Waals surface area contributed by atoms with Crippen LogP contribution in [0.1, 0.15) is 48.9 Å². The number of allylic oxidation sites excluding steroid dienone is 1. The lowest BCUT2D eigenvalue weighted by molar-refractivity contribution is -0.118. The number of hydrogen-bond donors (Lipinski definition) is 1. The first kappa shape index (κ1) is 20.3. The molecule has 4 rings (SSSR count). The number of pyridine rings is 1. The number of benzene rings is 1. The van der Waals surface area contributed by atoms with Crippen molar-refractivity contribution in [2.75, 3.05) is 29.9 Å². The molecule has 156 valence electrons. The number of carbonyl (C=O) groups excluding carboxylic acids is 2. The summed E-state index contributed by atoms with van der Waals surface area (Å²) in [5.41, 5.74) is 1.61. The molecule has 0 saturated carbocycles. The molecule has 1 N–H and O–H groups in total. The Morgan fingerprint density at radius 1 is 1.07 bits per heavy atom. The fourth-order valence-corrected chi connectivity index (χ4v) is 4.06. The Morgan fingerprint density at radius 3 is 2.77 bits per heavy atom. The Labute approximate surface area is 177 Å². The van der Waals surface area contributed by atoms with Crippen LogP contribution in [0.15, 0.2) is 54.7 Å². The number of piperidine rings is 1. The van der Waals surface area contributed by atoms with Gasteiger partial charge in [0.05, 0.1) is 16.9 Å². The lowest BCUT2D eigenvalue weighted by atomic mass is 10.1. The lowest BCUT2D eigenvalue weighted by Crippen LogP contribution is -2.29. The Balaban J connectivity index is 1.42. The van der Waals surface area contributed by atoms with Gasteiger partial charge in [0.25, 0.3) is 5.91 Å². The normalized spacial score (nSPS) is 16.7. The molecule has 0 radical (unpaired) electrons. The van der Waals surface area contributed by atoms with E-state index in [-0.39, 0.29) is 11.8 Å². The van der Waals surface area contributed by atoms with Crippen molar-refractivity contribution < 1.29 is 9.59 Å². The molecule has 3 heterocycles. The number of anilines is 3. The summed E-state index contributed by atoms with van der Waals surface area (Å²) in [4.78, 5) is 34.2. The van der Waals surface area contributed by atoms with Crippen LogP contribution < -0.4 is 10.2 Å². The van der Waals surface area contributed by atoms with Crippen molar-refractivity contribution in [3.63, 3.8) is 0 Å². The molecule has 2 aliphatic rings. The highest BCUT2D eigenvalue weighted by Crippen LogP contribution is 2.36. The molecule has 30 heavy (non-hydrogen) atoms. The summed E-state index contributed by atoms with van der Waals surface area (Å²) < 4.78 is 0. The Kier molecular flexibility index (Phi) is 6.54. The van der Waals surface area contributed by atoms with E-state index in [9.17, 15) is 9.59 Å². The Morgan fingerprint density at radius 2 is 1.90 bits per heavy atom.